The van der Waals surface area contributed by atoms with E-state index in [0.717, 1.165) is 0 Å². The Labute approximate surface area is 103 Å². The molecule has 6 heteroatoms. The lowest BCUT2D eigenvalue weighted by Crippen LogP contribution is -2.10. The summed E-state index contributed by atoms with van der Waals surface area (Å²) >= 11 is 0. The average Bonchev–Trinajstić information content (AvgIpc) is 2.42. The number of alkyl halides is 2. The maximum atomic E-state index is 12.1. The van der Waals surface area contributed by atoms with E-state index in [1.807, 2.05) is 0 Å². The molecule has 0 saturated carbocycles. The first-order valence-electron chi connectivity index (χ1n) is 5.33. The Hall–Kier alpha value is -1.85. The van der Waals surface area contributed by atoms with E-state index in [9.17, 15) is 13.6 Å². The lowest BCUT2D eigenvalue weighted by molar-refractivity contribution is 0.0594. The van der Waals surface area contributed by atoms with Crippen LogP contribution < -0.4 is 9.47 Å². The van der Waals surface area contributed by atoms with E-state index in [-0.39, 0.29) is 30.3 Å². The van der Waals surface area contributed by atoms with Crippen molar-refractivity contribution in [3.63, 3.8) is 0 Å². The van der Waals surface area contributed by atoms with Crippen LogP contribution in [0.5, 0.6) is 11.5 Å². The van der Waals surface area contributed by atoms with Gasteiger partial charge in [0.1, 0.15) is 32.1 Å². The summed E-state index contributed by atoms with van der Waals surface area (Å²) < 4.78 is 39.0. The normalized spacial score (nSPS) is 9.94. The van der Waals surface area contributed by atoms with Gasteiger partial charge in [0.15, 0.2) is 11.5 Å². The largest absolute Gasteiger partial charge is 0.487 e. The molecule has 0 N–H and O–H groups in total. The zero-order chi connectivity index (χ0) is 13.4. The number of benzene rings is 1. The first-order valence-corrected chi connectivity index (χ1v) is 5.33. The summed E-state index contributed by atoms with van der Waals surface area (Å²) in [4.78, 5) is 11.5. The van der Waals surface area contributed by atoms with Gasteiger partial charge in [-0.25, -0.2) is 13.6 Å². The standard InChI is InChI=1S/C12H14F2O4/c1-16-12(15)9-3-2-4-10(17-7-5-13)11(9)18-8-6-14/h2-4H,5-8H2,1H3. The third-order valence-corrected chi connectivity index (χ3v) is 2.04. The number of esters is 1. The van der Waals surface area contributed by atoms with E-state index in [1.165, 1.54) is 19.2 Å². The number of rotatable bonds is 7. The fourth-order valence-corrected chi connectivity index (χ4v) is 1.34. The molecule has 100 valence electrons. The average molecular weight is 260 g/mol. The van der Waals surface area contributed by atoms with Crippen LogP contribution in [-0.2, 0) is 4.74 Å². The minimum absolute atomic E-state index is 0.0652. The molecule has 1 aromatic carbocycles. The minimum Gasteiger partial charge on any atom is -0.487 e. The lowest BCUT2D eigenvalue weighted by Gasteiger charge is -2.14. The van der Waals surface area contributed by atoms with Crippen LogP contribution in [0.2, 0.25) is 0 Å². The number of methoxy groups -OCH3 is 1. The molecule has 0 aromatic heterocycles. The molecule has 0 fully saturated rings. The van der Waals surface area contributed by atoms with E-state index >= 15 is 0 Å². The van der Waals surface area contributed by atoms with Crippen LogP contribution in [0.1, 0.15) is 10.4 Å². The quantitative estimate of drug-likeness (QED) is 0.705. The van der Waals surface area contributed by atoms with Gasteiger partial charge in [0, 0.05) is 0 Å². The van der Waals surface area contributed by atoms with Crippen LogP contribution in [0.25, 0.3) is 0 Å². The number of carbonyl (C=O) groups is 1. The highest BCUT2D eigenvalue weighted by Crippen LogP contribution is 2.31. The van der Waals surface area contributed by atoms with Crippen molar-refractivity contribution in [3.8, 4) is 11.5 Å². The van der Waals surface area contributed by atoms with Crippen molar-refractivity contribution < 1.29 is 27.8 Å². The topological polar surface area (TPSA) is 44.8 Å². The minimum atomic E-state index is -0.710. The Morgan fingerprint density at radius 2 is 1.83 bits per heavy atom. The molecule has 0 amide bonds. The van der Waals surface area contributed by atoms with Crippen molar-refractivity contribution in [1.29, 1.82) is 0 Å². The molecule has 18 heavy (non-hydrogen) atoms. The Kier molecular flexibility index (Phi) is 5.90. The summed E-state index contributed by atoms with van der Waals surface area (Å²) in [5.74, 6) is -0.381. The van der Waals surface area contributed by atoms with Crippen LogP contribution in [0.15, 0.2) is 18.2 Å². The van der Waals surface area contributed by atoms with Gasteiger partial charge in [0.2, 0.25) is 0 Å². The van der Waals surface area contributed by atoms with Gasteiger partial charge in [0.25, 0.3) is 0 Å². The molecule has 0 heterocycles. The highest BCUT2D eigenvalue weighted by molar-refractivity contribution is 5.93. The summed E-state index contributed by atoms with van der Waals surface area (Å²) in [5.41, 5.74) is 0.113. The number of para-hydroxylation sites is 1. The second kappa shape index (κ2) is 7.47. The molecule has 0 radical (unpaired) electrons. The van der Waals surface area contributed by atoms with Crippen LogP contribution >= 0.6 is 0 Å². The fourth-order valence-electron chi connectivity index (χ4n) is 1.34. The molecule has 0 unspecified atom stereocenters. The van der Waals surface area contributed by atoms with Gasteiger partial charge in [-0.3, -0.25) is 0 Å². The molecule has 1 aromatic rings. The number of hydrogen-bond donors (Lipinski definition) is 0. The second-order valence-electron chi connectivity index (χ2n) is 3.20. The smallest absolute Gasteiger partial charge is 0.341 e. The van der Waals surface area contributed by atoms with E-state index in [2.05, 4.69) is 4.74 Å². The highest BCUT2D eigenvalue weighted by Gasteiger charge is 2.17. The molecule has 0 aliphatic carbocycles. The summed E-state index contributed by atoms with van der Waals surface area (Å²) in [7, 11) is 1.22. The lowest BCUT2D eigenvalue weighted by atomic mass is 10.2. The van der Waals surface area contributed by atoms with Gasteiger partial charge >= 0.3 is 5.97 Å². The molecule has 0 aliphatic heterocycles. The molecule has 0 saturated heterocycles. The molecule has 0 aliphatic rings. The number of hydrogen-bond acceptors (Lipinski definition) is 4. The molecule has 0 bridgehead atoms. The van der Waals surface area contributed by atoms with Gasteiger partial charge in [-0.2, -0.15) is 0 Å². The zero-order valence-electron chi connectivity index (χ0n) is 9.95. The summed E-state index contributed by atoms with van der Waals surface area (Å²) in [6.45, 7) is -1.78. The Morgan fingerprint density at radius 1 is 1.17 bits per heavy atom. The summed E-state index contributed by atoms with van der Waals surface area (Å²) in [6, 6.07) is 4.51. The van der Waals surface area contributed by atoms with Gasteiger partial charge < -0.3 is 14.2 Å². The Balaban J connectivity index is 3.04. The fraction of sp³-hybridized carbons (Fsp3) is 0.417. The van der Waals surface area contributed by atoms with Gasteiger partial charge in [-0.1, -0.05) is 6.07 Å². The van der Waals surface area contributed by atoms with Crippen molar-refractivity contribution in [2.75, 3.05) is 33.7 Å². The van der Waals surface area contributed by atoms with Crippen molar-refractivity contribution in [2.45, 2.75) is 0 Å². The van der Waals surface area contributed by atoms with Crippen molar-refractivity contribution >= 4 is 5.97 Å². The number of ether oxygens (including phenoxy) is 3. The second-order valence-corrected chi connectivity index (χ2v) is 3.20. The van der Waals surface area contributed by atoms with Crippen molar-refractivity contribution in [1.82, 2.24) is 0 Å². The third kappa shape index (κ3) is 3.58. The van der Waals surface area contributed by atoms with E-state index in [4.69, 9.17) is 9.47 Å². The first-order chi connectivity index (χ1) is 8.74. The van der Waals surface area contributed by atoms with Gasteiger partial charge in [-0.05, 0) is 12.1 Å². The number of carbonyl (C=O) groups excluding carboxylic acids is 1. The molecule has 1 rings (SSSR count). The summed E-state index contributed by atoms with van der Waals surface area (Å²) in [5, 5.41) is 0. The maximum Gasteiger partial charge on any atom is 0.341 e. The van der Waals surface area contributed by atoms with Gasteiger partial charge in [-0.15, -0.1) is 0 Å². The Bertz CT molecular complexity index is 396. The van der Waals surface area contributed by atoms with Crippen LogP contribution in [0, 0.1) is 0 Å². The van der Waals surface area contributed by atoms with Crippen LogP contribution in [0.3, 0.4) is 0 Å². The maximum absolute atomic E-state index is 12.1. The molecule has 4 nitrogen and oxygen atoms in total. The van der Waals surface area contributed by atoms with Crippen LogP contribution in [0.4, 0.5) is 8.78 Å². The SMILES string of the molecule is COC(=O)c1cccc(OCCF)c1OCCF. The monoisotopic (exact) mass is 260 g/mol. The number of halogens is 2. The van der Waals surface area contributed by atoms with E-state index in [1.54, 1.807) is 6.07 Å². The molecule has 0 atom stereocenters. The van der Waals surface area contributed by atoms with Crippen molar-refractivity contribution in [2.24, 2.45) is 0 Å². The third-order valence-electron chi connectivity index (χ3n) is 2.04. The highest BCUT2D eigenvalue weighted by atomic mass is 19.1. The van der Waals surface area contributed by atoms with Gasteiger partial charge in [0.05, 0.1) is 7.11 Å². The summed E-state index contributed by atoms with van der Waals surface area (Å²) in [6.07, 6.45) is 0. The predicted octanol–water partition coefficient (Wildman–Crippen LogP) is 2.17. The molecular formula is C12H14F2O4. The zero-order valence-corrected chi connectivity index (χ0v) is 9.95. The van der Waals surface area contributed by atoms with Crippen LogP contribution in [-0.4, -0.2) is 39.6 Å². The van der Waals surface area contributed by atoms with E-state index in [0.29, 0.717) is 0 Å². The van der Waals surface area contributed by atoms with E-state index < -0.39 is 19.3 Å². The first kappa shape index (κ1) is 14.2. The predicted molar refractivity (Wildman–Crippen MR) is 60.7 cm³/mol. The van der Waals surface area contributed by atoms with Crippen molar-refractivity contribution in [3.05, 3.63) is 23.8 Å². The Morgan fingerprint density at radius 3 is 2.44 bits per heavy atom. The molecular weight excluding hydrogens is 246 g/mol. The molecule has 0 spiro atoms.